The van der Waals surface area contributed by atoms with Gasteiger partial charge in [-0.25, -0.2) is 24.9 Å². The number of fused-ring (bicyclic) bond motifs is 8. The lowest BCUT2D eigenvalue weighted by Crippen LogP contribution is -2.29. The van der Waals surface area contributed by atoms with E-state index >= 15 is 0 Å². The van der Waals surface area contributed by atoms with Crippen LogP contribution in [0.5, 0.6) is 0 Å². The Hall–Kier alpha value is -7.11. The zero-order valence-corrected chi connectivity index (χ0v) is 29.4. The first-order valence-electron chi connectivity index (χ1n) is 18.2. The average Bonchev–Trinajstić information content (AvgIpc) is 3.56. The fourth-order valence-corrected chi connectivity index (χ4v) is 8.03. The van der Waals surface area contributed by atoms with Crippen molar-refractivity contribution in [1.82, 2.24) is 24.9 Å². The lowest BCUT2D eigenvalue weighted by atomic mass is 9.70. The highest BCUT2D eigenvalue weighted by Crippen LogP contribution is 2.55. The highest BCUT2D eigenvalue weighted by molar-refractivity contribution is 5.91. The van der Waals surface area contributed by atoms with Crippen molar-refractivity contribution in [3.05, 3.63) is 205 Å². The summed E-state index contributed by atoms with van der Waals surface area (Å²) in [7, 11) is 0. The Bertz CT molecular complexity index is 2760. The molecule has 0 saturated heterocycles. The van der Waals surface area contributed by atoms with Crippen molar-refractivity contribution < 1.29 is 0 Å². The first kappa shape index (κ1) is 31.6. The second-order valence-corrected chi connectivity index (χ2v) is 13.8. The van der Waals surface area contributed by atoms with E-state index in [1.54, 1.807) is 0 Å². The fourth-order valence-electron chi connectivity index (χ4n) is 8.03. The lowest BCUT2D eigenvalue weighted by Gasteiger charge is -2.33. The van der Waals surface area contributed by atoms with E-state index in [0.717, 1.165) is 61.8 Å². The molecule has 0 aliphatic heterocycles. The van der Waals surface area contributed by atoms with Gasteiger partial charge in [-0.1, -0.05) is 164 Å². The number of hydrogen-bond donors (Lipinski definition) is 0. The first-order chi connectivity index (χ1) is 26.7. The Morgan fingerprint density at radius 1 is 0.463 bits per heavy atom. The smallest absolute Gasteiger partial charge is 0.164 e. The molecule has 1 spiro atoms. The van der Waals surface area contributed by atoms with Crippen molar-refractivity contribution in [3.8, 4) is 56.7 Å². The van der Waals surface area contributed by atoms with Crippen LogP contribution in [-0.4, -0.2) is 24.9 Å². The van der Waals surface area contributed by atoms with Gasteiger partial charge < -0.3 is 0 Å². The molecule has 254 valence electrons. The van der Waals surface area contributed by atoms with Gasteiger partial charge >= 0.3 is 0 Å². The molecule has 1 unspecified atom stereocenters. The van der Waals surface area contributed by atoms with Gasteiger partial charge in [0.25, 0.3) is 0 Å². The SMILES string of the molecule is C=C1/C=C\C=C/CC2(c3ccccc31)c1ccccc1-c1cnc(-c3ccc4cc(-c5nc(-c6ccccc6)nc(-c6ccccc6)n5)ccc4c3)nc12. The molecule has 1 atom stereocenters. The molecular formula is C49H33N5. The molecular weight excluding hydrogens is 659 g/mol. The van der Waals surface area contributed by atoms with Crippen molar-refractivity contribution in [1.29, 1.82) is 0 Å². The molecule has 54 heavy (non-hydrogen) atoms. The van der Waals surface area contributed by atoms with E-state index in [2.05, 4.69) is 116 Å². The molecule has 0 radical (unpaired) electrons. The van der Waals surface area contributed by atoms with E-state index in [0.29, 0.717) is 23.3 Å². The van der Waals surface area contributed by atoms with Gasteiger partial charge in [0.05, 0.1) is 11.1 Å². The van der Waals surface area contributed by atoms with E-state index in [1.165, 1.54) is 16.7 Å². The normalized spacial score (nSPS) is 16.9. The van der Waals surface area contributed by atoms with E-state index in [-0.39, 0.29) is 0 Å². The summed E-state index contributed by atoms with van der Waals surface area (Å²) in [5.74, 6) is 2.61. The van der Waals surface area contributed by atoms with Gasteiger partial charge in [0.2, 0.25) is 0 Å². The number of benzene rings is 6. The maximum absolute atomic E-state index is 5.47. The second-order valence-electron chi connectivity index (χ2n) is 13.8. The summed E-state index contributed by atoms with van der Waals surface area (Å²) in [5.41, 5.74) is 11.1. The summed E-state index contributed by atoms with van der Waals surface area (Å²) in [5, 5.41) is 2.16. The van der Waals surface area contributed by atoms with Crippen LogP contribution in [0.1, 0.15) is 28.8 Å². The molecule has 2 aromatic heterocycles. The van der Waals surface area contributed by atoms with Crippen molar-refractivity contribution in [2.45, 2.75) is 11.8 Å². The van der Waals surface area contributed by atoms with Gasteiger partial charge in [0.15, 0.2) is 23.3 Å². The van der Waals surface area contributed by atoms with Gasteiger partial charge in [-0.15, -0.1) is 0 Å². The van der Waals surface area contributed by atoms with Crippen LogP contribution in [0.25, 0.3) is 73.0 Å². The van der Waals surface area contributed by atoms with Crippen molar-refractivity contribution in [2.75, 3.05) is 0 Å². The number of allylic oxidation sites excluding steroid dienone is 5. The summed E-state index contributed by atoms with van der Waals surface area (Å²) in [6.07, 6.45) is 11.3. The number of nitrogens with zero attached hydrogens (tertiary/aromatic N) is 5. The Morgan fingerprint density at radius 3 is 1.65 bits per heavy atom. The Kier molecular flexibility index (Phi) is 7.51. The topological polar surface area (TPSA) is 64.5 Å². The summed E-state index contributed by atoms with van der Waals surface area (Å²) in [6.45, 7) is 4.46. The quantitative estimate of drug-likeness (QED) is 0.184. The van der Waals surface area contributed by atoms with E-state index in [4.69, 9.17) is 24.9 Å². The molecule has 0 bridgehead atoms. The van der Waals surface area contributed by atoms with Crippen LogP contribution in [0, 0.1) is 0 Å². The molecule has 6 aromatic carbocycles. The maximum atomic E-state index is 5.47. The van der Waals surface area contributed by atoms with E-state index in [1.807, 2.05) is 66.9 Å². The summed E-state index contributed by atoms with van der Waals surface area (Å²) in [4.78, 5) is 25.2. The first-order valence-corrected chi connectivity index (χ1v) is 18.2. The Balaban J connectivity index is 1.08. The highest BCUT2D eigenvalue weighted by Gasteiger charge is 2.47. The third kappa shape index (κ3) is 5.21. The molecule has 5 nitrogen and oxygen atoms in total. The maximum Gasteiger partial charge on any atom is 0.164 e. The van der Waals surface area contributed by atoms with Gasteiger partial charge in [-0.2, -0.15) is 0 Å². The van der Waals surface area contributed by atoms with Crippen LogP contribution in [0.4, 0.5) is 0 Å². The van der Waals surface area contributed by atoms with E-state index < -0.39 is 5.41 Å². The van der Waals surface area contributed by atoms with Gasteiger partial charge in [-0.05, 0) is 57.2 Å². The molecule has 2 aliphatic rings. The summed E-state index contributed by atoms with van der Waals surface area (Å²) < 4.78 is 0. The molecule has 2 aliphatic carbocycles. The number of rotatable bonds is 4. The van der Waals surface area contributed by atoms with Gasteiger partial charge in [-0.3, -0.25) is 0 Å². The molecule has 0 N–H and O–H groups in total. The van der Waals surface area contributed by atoms with Crippen molar-refractivity contribution in [2.24, 2.45) is 0 Å². The minimum atomic E-state index is -0.501. The van der Waals surface area contributed by atoms with Crippen molar-refractivity contribution in [3.63, 3.8) is 0 Å². The highest BCUT2D eigenvalue weighted by atomic mass is 15.0. The molecule has 5 heteroatoms. The Morgan fingerprint density at radius 2 is 1.00 bits per heavy atom. The molecule has 8 aromatic rings. The molecule has 0 amide bonds. The predicted molar refractivity (Wildman–Crippen MR) is 218 cm³/mol. The Labute approximate surface area is 313 Å². The molecule has 2 heterocycles. The number of hydrogen-bond acceptors (Lipinski definition) is 5. The minimum absolute atomic E-state index is 0.501. The zero-order valence-electron chi connectivity index (χ0n) is 29.4. The fraction of sp³-hybridized carbons (Fsp3) is 0.0408. The van der Waals surface area contributed by atoms with Crippen LogP contribution < -0.4 is 0 Å². The predicted octanol–water partition coefficient (Wildman–Crippen LogP) is 11.3. The lowest BCUT2D eigenvalue weighted by molar-refractivity contribution is 0.622. The minimum Gasteiger partial charge on any atom is -0.236 e. The molecule has 0 fully saturated rings. The van der Waals surface area contributed by atoms with Crippen LogP contribution in [0.15, 0.2) is 183 Å². The van der Waals surface area contributed by atoms with Crippen molar-refractivity contribution >= 4 is 16.3 Å². The third-order valence-electron chi connectivity index (χ3n) is 10.6. The standard InChI is InChI=1S/C49H33N5/c1-32-15-5-4-14-28-49(42-22-12-10-20-39(32)42)43-23-13-11-21-40(43)41-31-50-45(51-44(41)49)37-26-24-36-30-38(27-25-35(36)29-37)48-53-46(33-16-6-2-7-17-33)52-47(54-48)34-18-8-3-9-19-34/h2-27,29-31H,1,28H2/b14-4-,15-5-. The van der Waals surface area contributed by atoms with Crippen LogP contribution in [0.2, 0.25) is 0 Å². The van der Waals surface area contributed by atoms with E-state index in [9.17, 15) is 0 Å². The number of aromatic nitrogens is 5. The van der Waals surface area contributed by atoms with Crippen LogP contribution in [-0.2, 0) is 5.41 Å². The molecule has 0 saturated carbocycles. The largest absolute Gasteiger partial charge is 0.236 e. The monoisotopic (exact) mass is 691 g/mol. The van der Waals surface area contributed by atoms with Gasteiger partial charge in [0, 0.05) is 34.0 Å². The third-order valence-corrected chi connectivity index (χ3v) is 10.6. The average molecular weight is 692 g/mol. The van der Waals surface area contributed by atoms with Crippen LogP contribution in [0.3, 0.4) is 0 Å². The van der Waals surface area contributed by atoms with Crippen LogP contribution >= 0.6 is 0 Å². The summed E-state index contributed by atoms with van der Waals surface area (Å²) >= 11 is 0. The van der Waals surface area contributed by atoms with Gasteiger partial charge in [0.1, 0.15) is 0 Å². The summed E-state index contributed by atoms with van der Waals surface area (Å²) in [6, 6.07) is 50.2. The zero-order chi connectivity index (χ0) is 36.1. The molecule has 10 rings (SSSR count). The second kappa shape index (κ2) is 12.8.